The van der Waals surface area contributed by atoms with Gasteiger partial charge < -0.3 is 25.8 Å². The molecule has 0 radical (unpaired) electrons. The average molecular weight is 529 g/mol. The second-order valence-corrected chi connectivity index (χ2v) is 10.6. The molecule has 1 fully saturated rings. The first-order valence-electron chi connectivity index (χ1n) is 11.4. The molecule has 188 valence electrons. The number of nitrogens with one attached hydrogen (secondary N) is 1. The molecular formula is C23H24N6O5S2. The molecule has 0 spiro atoms. The molecular weight excluding hydrogens is 504 g/mol. The van der Waals surface area contributed by atoms with E-state index in [0.717, 1.165) is 37.0 Å². The number of thiazole rings is 1. The molecule has 2 aromatic heterocycles. The number of aryl methyl sites for hydroxylation is 1. The number of hydrogen-bond acceptors (Lipinski definition) is 10. The van der Waals surface area contributed by atoms with Crippen molar-refractivity contribution in [3.05, 3.63) is 51.9 Å². The number of nitrogens with two attached hydrogens (primary N) is 1. The van der Waals surface area contributed by atoms with Gasteiger partial charge in [-0.25, -0.2) is 4.98 Å². The Morgan fingerprint density at radius 2 is 2.19 bits per heavy atom. The zero-order chi connectivity index (χ0) is 25.4. The quantitative estimate of drug-likeness (QED) is 0.208. The zero-order valence-corrected chi connectivity index (χ0v) is 21.1. The van der Waals surface area contributed by atoms with Crippen LogP contribution in [0.2, 0.25) is 0 Å². The van der Waals surface area contributed by atoms with Crippen molar-refractivity contribution in [3.8, 4) is 0 Å². The van der Waals surface area contributed by atoms with Gasteiger partial charge in [-0.15, -0.1) is 23.1 Å². The van der Waals surface area contributed by atoms with Crippen LogP contribution >= 0.6 is 23.1 Å². The molecule has 5 rings (SSSR count). The van der Waals surface area contributed by atoms with E-state index in [0.29, 0.717) is 17.9 Å². The van der Waals surface area contributed by atoms with Gasteiger partial charge in [0.05, 0.1) is 11.7 Å². The molecule has 0 bridgehead atoms. The minimum absolute atomic E-state index is 0.117. The summed E-state index contributed by atoms with van der Waals surface area (Å²) in [5, 5.41) is 19.8. The highest BCUT2D eigenvalue weighted by atomic mass is 32.2. The van der Waals surface area contributed by atoms with E-state index in [4.69, 9.17) is 10.6 Å². The van der Waals surface area contributed by atoms with E-state index in [1.807, 2.05) is 12.3 Å². The molecule has 2 aromatic rings. The Kier molecular flexibility index (Phi) is 6.67. The van der Waals surface area contributed by atoms with Gasteiger partial charge in [0, 0.05) is 34.8 Å². The van der Waals surface area contributed by atoms with Crippen LogP contribution in [0.4, 0.5) is 5.13 Å². The van der Waals surface area contributed by atoms with Crippen LogP contribution in [0.5, 0.6) is 0 Å². The summed E-state index contributed by atoms with van der Waals surface area (Å²) in [5.41, 5.74) is 8.72. The third-order valence-electron chi connectivity index (χ3n) is 6.44. The number of nitrogen functional groups attached to an aromatic ring is 1. The summed E-state index contributed by atoms with van der Waals surface area (Å²) < 4.78 is 2.07. The van der Waals surface area contributed by atoms with Crippen LogP contribution in [0.3, 0.4) is 0 Å². The van der Waals surface area contributed by atoms with Crippen LogP contribution < -0.4 is 20.7 Å². The molecule has 2 atom stereocenters. The molecule has 11 nitrogen and oxygen atoms in total. The smallest absolute Gasteiger partial charge is 0.276 e. The largest absolute Gasteiger partial charge is 0.543 e. The monoisotopic (exact) mass is 528 g/mol. The number of fused-ring (bicyclic) bond motifs is 2. The number of carbonyl (C=O) groups is 3. The summed E-state index contributed by atoms with van der Waals surface area (Å²) >= 11 is 2.54. The Bertz CT molecular complexity index is 1310. The number of rotatable bonds is 7. The number of anilines is 1. The van der Waals surface area contributed by atoms with Gasteiger partial charge in [-0.2, -0.15) is 4.57 Å². The molecule has 0 saturated carbocycles. The lowest BCUT2D eigenvalue weighted by Gasteiger charge is -2.50. The predicted molar refractivity (Wildman–Crippen MR) is 130 cm³/mol. The van der Waals surface area contributed by atoms with Crippen molar-refractivity contribution >= 4 is 51.7 Å². The standard InChI is InChI=1S/C23H24N6O5S2/c1-34-27-16(14-11-36-23(24)25-14)19(30)26-17-20(31)29-18(22(32)33)13(10-35-21(17)29)9-28-8-4-6-12-5-2-3-7-15(12)28/h4,6,8,11,17,21H,2-3,5,7,9-10H2,1H3,(H3-,24,25,26,30,32,33)/b27-16+/t17-,21-/m1/s1. The second kappa shape index (κ2) is 9.90. The molecule has 2 aliphatic heterocycles. The number of aliphatic carboxylic acids is 1. The summed E-state index contributed by atoms with van der Waals surface area (Å²) in [6.07, 6.45) is 6.13. The number of amides is 2. The topological polar surface area (TPSA) is 154 Å². The normalized spacial score (nSPS) is 21.4. The SMILES string of the molecule is CO/N=C(/C(=O)N[C@@H]1C(=O)N2C(C(=O)[O-])=C(C[n+]3cccc4c3CCCC4)CS[C@H]12)c1csc(N)n1. The predicted octanol–water partition coefficient (Wildman–Crippen LogP) is -0.654. The Hall–Kier alpha value is -3.45. The summed E-state index contributed by atoms with van der Waals surface area (Å²) in [7, 11) is 1.29. The van der Waals surface area contributed by atoms with Gasteiger partial charge in [-0.05, 0) is 25.3 Å². The molecule has 1 aliphatic carbocycles. The lowest BCUT2D eigenvalue weighted by atomic mass is 9.95. The first-order chi connectivity index (χ1) is 17.4. The highest BCUT2D eigenvalue weighted by molar-refractivity contribution is 8.00. The molecule has 0 unspecified atom stereocenters. The van der Waals surface area contributed by atoms with Gasteiger partial charge in [0.1, 0.15) is 24.2 Å². The van der Waals surface area contributed by atoms with E-state index < -0.39 is 29.2 Å². The summed E-state index contributed by atoms with van der Waals surface area (Å²) in [4.78, 5) is 48.2. The van der Waals surface area contributed by atoms with E-state index in [1.165, 1.54) is 35.0 Å². The first kappa shape index (κ1) is 24.3. The van der Waals surface area contributed by atoms with Crippen molar-refractivity contribution in [2.75, 3.05) is 18.6 Å². The number of β-lactam (4-membered cyclic amide) rings is 1. The molecule has 36 heavy (non-hydrogen) atoms. The number of carboxylic acids is 1. The third-order valence-corrected chi connectivity index (χ3v) is 8.45. The number of thioether (sulfide) groups is 1. The molecule has 0 aromatic carbocycles. The van der Waals surface area contributed by atoms with Crippen LogP contribution in [-0.2, 0) is 38.6 Å². The van der Waals surface area contributed by atoms with Gasteiger partial charge in [0.25, 0.3) is 11.8 Å². The number of carboxylic acid groups (broad SMARTS) is 1. The fourth-order valence-corrected chi connectivity index (χ4v) is 6.71. The third kappa shape index (κ3) is 4.32. The summed E-state index contributed by atoms with van der Waals surface area (Å²) in [6, 6.07) is 3.16. The van der Waals surface area contributed by atoms with E-state index in [9.17, 15) is 19.5 Å². The molecule has 3 aliphatic rings. The maximum Gasteiger partial charge on any atom is 0.276 e. The number of aromatic nitrogens is 2. The van der Waals surface area contributed by atoms with E-state index in [-0.39, 0.29) is 22.2 Å². The number of carbonyl (C=O) groups excluding carboxylic acids is 3. The molecule has 13 heteroatoms. The average Bonchev–Trinajstić information content (AvgIpc) is 3.31. The maximum atomic E-state index is 13.1. The zero-order valence-electron chi connectivity index (χ0n) is 19.4. The maximum absolute atomic E-state index is 13.1. The minimum Gasteiger partial charge on any atom is -0.543 e. The number of pyridine rings is 1. The minimum atomic E-state index is -1.40. The van der Waals surface area contributed by atoms with Gasteiger partial charge in [0.2, 0.25) is 0 Å². The highest BCUT2D eigenvalue weighted by Crippen LogP contribution is 2.40. The fourth-order valence-electron chi connectivity index (χ4n) is 4.82. The first-order valence-corrected chi connectivity index (χ1v) is 13.3. The Labute approximate surface area is 215 Å². The van der Waals surface area contributed by atoms with Crippen LogP contribution in [-0.4, -0.2) is 57.7 Å². The number of nitrogens with zero attached hydrogens (tertiary/aromatic N) is 4. The lowest BCUT2D eigenvalue weighted by molar-refractivity contribution is -0.697. The van der Waals surface area contributed by atoms with Crippen molar-refractivity contribution in [2.45, 2.75) is 43.6 Å². The van der Waals surface area contributed by atoms with E-state index in [2.05, 4.69) is 26.1 Å². The summed E-state index contributed by atoms with van der Waals surface area (Å²) in [5.74, 6) is -2.20. The van der Waals surface area contributed by atoms with Gasteiger partial charge in [-0.1, -0.05) is 5.16 Å². The van der Waals surface area contributed by atoms with Gasteiger partial charge >= 0.3 is 0 Å². The Balaban J connectivity index is 1.36. The molecule has 3 N–H and O–H groups in total. The van der Waals surface area contributed by atoms with Crippen molar-refractivity contribution in [2.24, 2.45) is 5.16 Å². The summed E-state index contributed by atoms with van der Waals surface area (Å²) in [6.45, 7) is 0.364. The van der Waals surface area contributed by atoms with Gasteiger partial charge in [-0.3, -0.25) is 14.5 Å². The highest BCUT2D eigenvalue weighted by Gasteiger charge is 2.53. The van der Waals surface area contributed by atoms with E-state index >= 15 is 0 Å². The molecule has 1 saturated heterocycles. The number of hydrogen-bond donors (Lipinski definition) is 2. The Morgan fingerprint density at radius 1 is 1.39 bits per heavy atom. The lowest BCUT2D eigenvalue weighted by Crippen LogP contribution is -2.71. The van der Waals surface area contributed by atoms with Gasteiger partial charge in [0.15, 0.2) is 29.3 Å². The van der Waals surface area contributed by atoms with Crippen molar-refractivity contribution in [3.63, 3.8) is 0 Å². The molecule has 2 amide bonds. The number of oxime groups is 1. The van der Waals surface area contributed by atoms with Crippen molar-refractivity contribution in [1.82, 2.24) is 15.2 Å². The second-order valence-electron chi connectivity index (χ2n) is 8.61. The molecule has 4 heterocycles. The van der Waals surface area contributed by atoms with Crippen LogP contribution in [0, 0.1) is 0 Å². The van der Waals surface area contributed by atoms with Crippen LogP contribution in [0.1, 0.15) is 29.8 Å². The van der Waals surface area contributed by atoms with E-state index in [1.54, 1.807) is 5.38 Å². The van der Waals surface area contributed by atoms with Crippen molar-refractivity contribution < 1.29 is 28.9 Å². The fraction of sp³-hybridized carbons (Fsp3) is 0.391. The van der Waals surface area contributed by atoms with Crippen molar-refractivity contribution in [1.29, 1.82) is 0 Å². The Morgan fingerprint density at radius 3 is 2.92 bits per heavy atom. The van der Waals surface area contributed by atoms with Crippen LogP contribution in [0.25, 0.3) is 0 Å². The van der Waals surface area contributed by atoms with Crippen LogP contribution in [0.15, 0.2) is 40.1 Å².